The molecule has 2 aromatic rings. The van der Waals surface area contributed by atoms with Crippen molar-refractivity contribution in [3.8, 4) is 5.75 Å². The van der Waals surface area contributed by atoms with Gasteiger partial charge in [0.15, 0.2) is 0 Å². The van der Waals surface area contributed by atoms with Crippen LogP contribution in [0.1, 0.15) is 24.8 Å². The van der Waals surface area contributed by atoms with Crippen molar-refractivity contribution in [1.82, 2.24) is 0 Å². The molecule has 0 aromatic heterocycles. The fraction of sp³-hybridized carbons (Fsp3) is 0.294. The Morgan fingerprint density at radius 1 is 0.955 bits per heavy atom. The minimum atomic E-state index is -3.84. The van der Waals surface area contributed by atoms with Gasteiger partial charge in [0.25, 0.3) is 10.1 Å². The lowest BCUT2D eigenvalue weighted by atomic mass is 9.91. The summed E-state index contributed by atoms with van der Waals surface area (Å²) in [7, 11) is -3.84. The van der Waals surface area contributed by atoms with Crippen molar-refractivity contribution in [3.63, 3.8) is 0 Å². The molecule has 22 heavy (non-hydrogen) atoms. The van der Waals surface area contributed by atoms with Crippen molar-refractivity contribution >= 4 is 10.1 Å². The summed E-state index contributed by atoms with van der Waals surface area (Å²) >= 11 is 0. The van der Waals surface area contributed by atoms with Gasteiger partial charge in [0.2, 0.25) is 5.79 Å². The summed E-state index contributed by atoms with van der Waals surface area (Å²) in [4.78, 5) is 0.154. The summed E-state index contributed by atoms with van der Waals surface area (Å²) < 4.78 is 36.1. The highest BCUT2D eigenvalue weighted by Gasteiger charge is 2.45. The van der Waals surface area contributed by atoms with E-state index in [4.69, 9.17) is 8.92 Å². The molecule has 0 bridgehead atoms. The summed E-state index contributed by atoms with van der Waals surface area (Å²) in [5, 5.41) is 0. The number of aryl methyl sites for hydroxylation is 1. The second-order valence-corrected chi connectivity index (χ2v) is 7.08. The maximum atomic E-state index is 12.4. The highest BCUT2D eigenvalue weighted by atomic mass is 32.2. The van der Waals surface area contributed by atoms with Crippen LogP contribution in [0.25, 0.3) is 0 Å². The first kappa shape index (κ1) is 15.1. The van der Waals surface area contributed by atoms with Gasteiger partial charge in [-0.05, 0) is 37.6 Å². The lowest BCUT2D eigenvalue weighted by Crippen LogP contribution is -2.47. The molecular weight excluding hydrogens is 300 g/mol. The molecule has 0 aliphatic heterocycles. The Labute approximate surface area is 130 Å². The van der Waals surface area contributed by atoms with E-state index < -0.39 is 15.9 Å². The zero-order chi connectivity index (χ0) is 15.6. The Kier molecular flexibility index (Phi) is 3.93. The number of benzene rings is 2. The minimum Gasteiger partial charge on any atom is -0.461 e. The van der Waals surface area contributed by atoms with Gasteiger partial charge >= 0.3 is 0 Å². The van der Waals surface area contributed by atoms with Crippen LogP contribution in [0.15, 0.2) is 59.5 Å². The molecule has 1 fully saturated rings. The summed E-state index contributed by atoms with van der Waals surface area (Å²) in [5.74, 6) is -0.466. The molecular formula is C17H18O4S. The van der Waals surface area contributed by atoms with E-state index in [0.717, 1.165) is 12.0 Å². The molecule has 5 heteroatoms. The van der Waals surface area contributed by atoms with E-state index in [9.17, 15) is 8.42 Å². The Balaban J connectivity index is 1.81. The van der Waals surface area contributed by atoms with Crippen LogP contribution in [0.5, 0.6) is 5.75 Å². The van der Waals surface area contributed by atoms with Crippen molar-refractivity contribution in [3.05, 3.63) is 60.2 Å². The molecule has 4 nitrogen and oxygen atoms in total. The first-order valence-electron chi connectivity index (χ1n) is 7.26. The van der Waals surface area contributed by atoms with Gasteiger partial charge in [0, 0.05) is 12.8 Å². The third kappa shape index (κ3) is 3.15. The third-order valence-electron chi connectivity index (χ3n) is 3.73. The van der Waals surface area contributed by atoms with Gasteiger partial charge in [-0.15, -0.1) is 0 Å². The van der Waals surface area contributed by atoms with Crippen LogP contribution < -0.4 is 4.74 Å². The maximum absolute atomic E-state index is 12.4. The predicted molar refractivity (Wildman–Crippen MR) is 83.1 cm³/mol. The first-order chi connectivity index (χ1) is 10.5. The fourth-order valence-corrected chi connectivity index (χ4v) is 3.49. The molecule has 1 aliphatic carbocycles. The van der Waals surface area contributed by atoms with Crippen LogP contribution in [0.2, 0.25) is 0 Å². The van der Waals surface area contributed by atoms with E-state index >= 15 is 0 Å². The Bertz CT molecular complexity index is 732. The molecule has 0 amide bonds. The normalized spacial score (nSPS) is 16.8. The summed E-state index contributed by atoms with van der Waals surface area (Å²) in [6.07, 6.45) is 2.01. The SMILES string of the molecule is Cc1ccc(S(=O)(=O)OC2(Oc3ccccc3)CCC2)cc1. The van der Waals surface area contributed by atoms with Gasteiger partial charge in [-0.1, -0.05) is 35.9 Å². The second-order valence-electron chi connectivity index (χ2n) is 5.53. The summed E-state index contributed by atoms with van der Waals surface area (Å²) in [6.45, 7) is 1.91. The number of hydrogen-bond acceptors (Lipinski definition) is 4. The highest BCUT2D eigenvalue weighted by molar-refractivity contribution is 7.86. The standard InChI is InChI=1S/C17H18O4S/c1-14-8-10-16(11-9-14)22(18,19)21-17(12-5-13-17)20-15-6-3-2-4-7-15/h2-4,6-11H,5,12-13H2,1H3. The van der Waals surface area contributed by atoms with E-state index in [1.165, 1.54) is 0 Å². The van der Waals surface area contributed by atoms with E-state index in [-0.39, 0.29) is 4.90 Å². The summed E-state index contributed by atoms with van der Waals surface area (Å²) in [5.41, 5.74) is 0.998. The van der Waals surface area contributed by atoms with Gasteiger partial charge in [-0.25, -0.2) is 4.18 Å². The van der Waals surface area contributed by atoms with Gasteiger partial charge in [0.1, 0.15) is 5.75 Å². The second kappa shape index (κ2) is 5.74. The van der Waals surface area contributed by atoms with Crippen molar-refractivity contribution in [2.75, 3.05) is 0 Å². The van der Waals surface area contributed by atoms with Gasteiger partial charge in [-0.3, -0.25) is 0 Å². The quantitative estimate of drug-likeness (QED) is 0.623. The lowest BCUT2D eigenvalue weighted by molar-refractivity contribution is -0.164. The average Bonchev–Trinajstić information content (AvgIpc) is 2.46. The highest BCUT2D eigenvalue weighted by Crippen LogP contribution is 2.40. The number of rotatable bonds is 5. The molecule has 0 spiro atoms. The molecule has 0 saturated heterocycles. The van der Waals surface area contributed by atoms with Crippen LogP contribution in [0, 0.1) is 6.92 Å². The fourth-order valence-electron chi connectivity index (χ4n) is 2.32. The van der Waals surface area contributed by atoms with E-state index in [2.05, 4.69) is 0 Å². The van der Waals surface area contributed by atoms with Crippen molar-refractivity contribution in [2.24, 2.45) is 0 Å². The number of para-hydroxylation sites is 1. The smallest absolute Gasteiger partial charge is 0.300 e. The lowest BCUT2D eigenvalue weighted by Gasteiger charge is -2.40. The molecule has 0 radical (unpaired) electrons. The van der Waals surface area contributed by atoms with Crippen LogP contribution in [-0.4, -0.2) is 14.2 Å². The molecule has 116 valence electrons. The monoisotopic (exact) mass is 318 g/mol. The van der Waals surface area contributed by atoms with Crippen LogP contribution in [-0.2, 0) is 14.3 Å². The molecule has 2 aromatic carbocycles. The molecule has 0 N–H and O–H groups in total. The van der Waals surface area contributed by atoms with Crippen molar-refractivity contribution in [2.45, 2.75) is 36.9 Å². The topological polar surface area (TPSA) is 52.6 Å². The van der Waals surface area contributed by atoms with Gasteiger partial charge in [0.05, 0.1) is 4.90 Å². The molecule has 1 aliphatic rings. The molecule has 3 rings (SSSR count). The third-order valence-corrected chi connectivity index (χ3v) is 5.11. The Morgan fingerprint density at radius 3 is 2.14 bits per heavy atom. The molecule has 1 saturated carbocycles. The van der Waals surface area contributed by atoms with Gasteiger partial charge < -0.3 is 4.74 Å². The molecule has 0 unspecified atom stereocenters. The zero-order valence-electron chi connectivity index (χ0n) is 12.4. The van der Waals surface area contributed by atoms with Crippen LogP contribution >= 0.6 is 0 Å². The number of hydrogen-bond donors (Lipinski definition) is 0. The van der Waals surface area contributed by atoms with Crippen molar-refractivity contribution in [1.29, 1.82) is 0 Å². The minimum absolute atomic E-state index is 0.154. The van der Waals surface area contributed by atoms with E-state index in [0.29, 0.717) is 18.6 Å². The summed E-state index contributed by atoms with van der Waals surface area (Å²) in [6, 6.07) is 15.8. The molecule has 0 heterocycles. The first-order valence-corrected chi connectivity index (χ1v) is 8.66. The zero-order valence-corrected chi connectivity index (χ0v) is 13.2. The molecule has 0 atom stereocenters. The van der Waals surface area contributed by atoms with Crippen LogP contribution in [0.4, 0.5) is 0 Å². The predicted octanol–water partition coefficient (Wildman–Crippen LogP) is 3.66. The average molecular weight is 318 g/mol. The largest absolute Gasteiger partial charge is 0.461 e. The van der Waals surface area contributed by atoms with Crippen LogP contribution in [0.3, 0.4) is 0 Å². The maximum Gasteiger partial charge on any atom is 0.300 e. The van der Waals surface area contributed by atoms with E-state index in [1.54, 1.807) is 36.4 Å². The number of ether oxygens (including phenoxy) is 1. The van der Waals surface area contributed by atoms with Crippen molar-refractivity contribution < 1.29 is 17.3 Å². The Morgan fingerprint density at radius 2 is 1.59 bits per heavy atom. The van der Waals surface area contributed by atoms with E-state index in [1.807, 2.05) is 25.1 Å². The van der Waals surface area contributed by atoms with Gasteiger partial charge in [-0.2, -0.15) is 8.42 Å². The Hall–Kier alpha value is -1.85.